The highest BCUT2D eigenvalue weighted by Crippen LogP contribution is 2.27. The molecule has 0 atom stereocenters. The fourth-order valence-corrected chi connectivity index (χ4v) is 1.81. The number of aromatic hydroxyl groups is 1. The Morgan fingerprint density at radius 3 is 2.75 bits per heavy atom. The van der Waals surface area contributed by atoms with Crippen molar-refractivity contribution in [2.75, 3.05) is 12.4 Å². The maximum absolute atomic E-state index is 10.7. The highest BCUT2D eigenvalue weighted by molar-refractivity contribution is 5.57. The number of nitrogens with zero attached hydrogens (tertiary/aromatic N) is 1. The number of phenolic OH excluding ortho intramolecular Hbond substituents is 1. The molecule has 6 heteroatoms. The number of rotatable bonds is 5. The Bertz CT molecular complexity index is 628. The molecule has 2 rings (SSSR count). The van der Waals surface area contributed by atoms with Crippen LogP contribution in [-0.4, -0.2) is 17.1 Å². The molecule has 0 bridgehead atoms. The van der Waals surface area contributed by atoms with Gasteiger partial charge < -0.3 is 15.2 Å². The lowest BCUT2D eigenvalue weighted by molar-refractivity contribution is -0.384. The summed E-state index contributed by atoms with van der Waals surface area (Å²) >= 11 is 0. The van der Waals surface area contributed by atoms with Gasteiger partial charge in [-0.3, -0.25) is 10.1 Å². The highest BCUT2D eigenvalue weighted by atomic mass is 16.6. The van der Waals surface area contributed by atoms with Gasteiger partial charge in [0.25, 0.3) is 5.69 Å². The molecule has 0 aliphatic heterocycles. The van der Waals surface area contributed by atoms with Crippen LogP contribution in [-0.2, 0) is 6.54 Å². The number of nitrogens with one attached hydrogen (secondary N) is 1. The van der Waals surface area contributed by atoms with Gasteiger partial charge in [-0.1, -0.05) is 12.1 Å². The van der Waals surface area contributed by atoms with Gasteiger partial charge in [0.1, 0.15) is 11.5 Å². The van der Waals surface area contributed by atoms with Gasteiger partial charge in [0.05, 0.1) is 17.7 Å². The molecule has 0 aromatic heterocycles. The Hall–Kier alpha value is -2.76. The van der Waals surface area contributed by atoms with Gasteiger partial charge in [-0.15, -0.1) is 0 Å². The smallest absolute Gasteiger partial charge is 0.270 e. The summed E-state index contributed by atoms with van der Waals surface area (Å²) in [5.41, 5.74) is 1.14. The largest absolute Gasteiger partial charge is 0.508 e. The highest BCUT2D eigenvalue weighted by Gasteiger charge is 2.10. The summed E-state index contributed by atoms with van der Waals surface area (Å²) in [5.74, 6) is 0.676. The van der Waals surface area contributed by atoms with E-state index in [9.17, 15) is 15.2 Å². The molecule has 0 spiro atoms. The van der Waals surface area contributed by atoms with Gasteiger partial charge in [0.2, 0.25) is 0 Å². The third-order valence-corrected chi connectivity index (χ3v) is 2.85. The number of ether oxygens (including phenoxy) is 1. The molecule has 0 saturated carbocycles. The van der Waals surface area contributed by atoms with E-state index in [1.807, 2.05) is 18.2 Å². The summed E-state index contributed by atoms with van der Waals surface area (Å²) < 4.78 is 5.19. The molecule has 2 N–H and O–H groups in total. The fraction of sp³-hybridized carbons (Fsp3) is 0.143. The van der Waals surface area contributed by atoms with Gasteiger partial charge in [-0.05, 0) is 18.2 Å². The van der Waals surface area contributed by atoms with Crippen molar-refractivity contribution in [1.29, 1.82) is 0 Å². The molecular formula is C14H14N2O4. The lowest BCUT2D eigenvalue weighted by Gasteiger charge is -2.11. The molecule has 0 heterocycles. The van der Waals surface area contributed by atoms with Crippen molar-refractivity contribution in [3.63, 3.8) is 0 Å². The van der Waals surface area contributed by atoms with E-state index < -0.39 is 4.92 Å². The predicted molar refractivity (Wildman–Crippen MR) is 75.1 cm³/mol. The van der Waals surface area contributed by atoms with Gasteiger partial charge in [-0.25, -0.2) is 0 Å². The van der Waals surface area contributed by atoms with Crippen LogP contribution < -0.4 is 10.1 Å². The van der Waals surface area contributed by atoms with Crippen LogP contribution in [0.5, 0.6) is 11.5 Å². The number of non-ortho nitro benzene ring substituents is 1. The predicted octanol–water partition coefficient (Wildman–Crippen LogP) is 2.92. The maximum atomic E-state index is 10.7. The summed E-state index contributed by atoms with van der Waals surface area (Å²) in [5, 5.41) is 23.5. The van der Waals surface area contributed by atoms with Crippen LogP contribution >= 0.6 is 0 Å². The van der Waals surface area contributed by atoms with Crippen LogP contribution in [0, 0.1) is 10.1 Å². The van der Waals surface area contributed by atoms with E-state index >= 15 is 0 Å². The first-order chi connectivity index (χ1) is 9.61. The van der Waals surface area contributed by atoms with E-state index in [0.29, 0.717) is 11.3 Å². The molecule has 0 amide bonds. The van der Waals surface area contributed by atoms with Crippen molar-refractivity contribution in [3.8, 4) is 11.5 Å². The van der Waals surface area contributed by atoms with Gasteiger partial charge in [0, 0.05) is 24.2 Å². The molecule has 0 fully saturated rings. The SMILES string of the molecule is COc1ccccc1NCc1cc([N+](=O)[O-])ccc1O. The Labute approximate surface area is 115 Å². The number of para-hydroxylation sites is 2. The third kappa shape index (κ3) is 2.97. The van der Waals surface area contributed by atoms with Crippen LogP contribution in [0.25, 0.3) is 0 Å². The van der Waals surface area contributed by atoms with Crippen molar-refractivity contribution >= 4 is 11.4 Å². The zero-order chi connectivity index (χ0) is 14.5. The van der Waals surface area contributed by atoms with Crippen LogP contribution in [0.3, 0.4) is 0 Å². The van der Waals surface area contributed by atoms with Crippen LogP contribution in [0.15, 0.2) is 42.5 Å². The quantitative estimate of drug-likeness (QED) is 0.646. The second-order valence-electron chi connectivity index (χ2n) is 4.12. The molecule has 104 valence electrons. The average molecular weight is 274 g/mol. The summed E-state index contributed by atoms with van der Waals surface area (Å²) in [6, 6.07) is 11.2. The zero-order valence-electron chi connectivity index (χ0n) is 10.9. The number of nitro groups is 1. The molecular weight excluding hydrogens is 260 g/mol. The van der Waals surface area contributed by atoms with E-state index in [4.69, 9.17) is 4.74 Å². The van der Waals surface area contributed by atoms with Gasteiger partial charge in [0.15, 0.2) is 0 Å². The minimum atomic E-state index is -0.494. The first kappa shape index (κ1) is 13.7. The summed E-state index contributed by atoms with van der Waals surface area (Å²) in [4.78, 5) is 10.2. The topological polar surface area (TPSA) is 84.6 Å². The second kappa shape index (κ2) is 5.92. The number of anilines is 1. The number of methoxy groups -OCH3 is 1. The zero-order valence-corrected chi connectivity index (χ0v) is 10.9. The van der Waals surface area contributed by atoms with Gasteiger partial charge in [-0.2, -0.15) is 0 Å². The fourth-order valence-electron chi connectivity index (χ4n) is 1.81. The Morgan fingerprint density at radius 2 is 2.05 bits per heavy atom. The molecule has 0 unspecified atom stereocenters. The normalized spacial score (nSPS) is 10.1. The molecule has 20 heavy (non-hydrogen) atoms. The van der Waals surface area contributed by atoms with Crippen LogP contribution in [0.4, 0.5) is 11.4 Å². The second-order valence-corrected chi connectivity index (χ2v) is 4.12. The van der Waals surface area contributed by atoms with Crippen LogP contribution in [0.1, 0.15) is 5.56 Å². The first-order valence-electron chi connectivity index (χ1n) is 5.95. The molecule has 0 aliphatic rings. The number of hydrogen-bond donors (Lipinski definition) is 2. The number of benzene rings is 2. The molecule has 6 nitrogen and oxygen atoms in total. The molecule has 0 saturated heterocycles. The number of phenols is 1. The van der Waals surface area contributed by atoms with Gasteiger partial charge >= 0.3 is 0 Å². The van der Waals surface area contributed by atoms with Crippen molar-refractivity contribution in [1.82, 2.24) is 0 Å². The van der Waals surface area contributed by atoms with Crippen molar-refractivity contribution in [2.24, 2.45) is 0 Å². The van der Waals surface area contributed by atoms with E-state index in [0.717, 1.165) is 5.69 Å². The molecule has 2 aromatic carbocycles. The Morgan fingerprint density at radius 1 is 1.30 bits per heavy atom. The minimum absolute atomic E-state index is 0.0120. The molecule has 0 radical (unpaired) electrons. The molecule has 0 aliphatic carbocycles. The van der Waals surface area contributed by atoms with E-state index in [-0.39, 0.29) is 18.0 Å². The minimum Gasteiger partial charge on any atom is -0.508 e. The number of nitro benzene ring substituents is 1. The monoisotopic (exact) mass is 274 g/mol. The van der Waals surface area contributed by atoms with E-state index in [1.54, 1.807) is 13.2 Å². The van der Waals surface area contributed by atoms with E-state index in [1.165, 1.54) is 18.2 Å². The standard InChI is InChI=1S/C14H14N2O4/c1-20-14-5-3-2-4-12(14)15-9-10-8-11(16(18)19)6-7-13(10)17/h2-8,15,17H,9H2,1H3. The number of hydrogen-bond acceptors (Lipinski definition) is 5. The molecule has 2 aromatic rings. The summed E-state index contributed by atoms with van der Waals surface area (Å²) in [6.45, 7) is 0.258. The average Bonchev–Trinajstić information content (AvgIpc) is 2.46. The van der Waals surface area contributed by atoms with Crippen molar-refractivity contribution < 1.29 is 14.8 Å². The Kier molecular flexibility index (Phi) is 4.05. The maximum Gasteiger partial charge on any atom is 0.270 e. The van der Waals surface area contributed by atoms with Crippen LogP contribution in [0.2, 0.25) is 0 Å². The van der Waals surface area contributed by atoms with Crippen molar-refractivity contribution in [2.45, 2.75) is 6.54 Å². The summed E-state index contributed by atoms with van der Waals surface area (Å²) in [6.07, 6.45) is 0. The summed E-state index contributed by atoms with van der Waals surface area (Å²) in [7, 11) is 1.56. The third-order valence-electron chi connectivity index (χ3n) is 2.85. The lowest BCUT2D eigenvalue weighted by Crippen LogP contribution is -2.02. The lowest BCUT2D eigenvalue weighted by atomic mass is 10.1. The van der Waals surface area contributed by atoms with E-state index in [2.05, 4.69) is 5.32 Å². The van der Waals surface area contributed by atoms with Crippen molar-refractivity contribution in [3.05, 3.63) is 58.1 Å². The Balaban J connectivity index is 2.18. The first-order valence-corrected chi connectivity index (χ1v) is 5.95.